The Balaban J connectivity index is 1.94. The molecule has 1 aliphatic heterocycles. The molecule has 0 aromatic heterocycles. The number of benzene rings is 1. The number of amides is 2. The number of piperidine rings is 1. The number of rotatable bonds is 2. The van der Waals surface area contributed by atoms with Crippen LogP contribution in [0.15, 0.2) is 24.3 Å². The molecule has 1 aromatic rings. The van der Waals surface area contributed by atoms with Crippen LogP contribution in [0.25, 0.3) is 0 Å². The van der Waals surface area contributed by atoms with Crippen LogP contribution in [0, 0.1) is 11.2 Å². The molecule has 20 heavy (non-hydrogen) atoms. The van der Waals surface area contributed by atoms with Crippen molar-refractivity contribution in [1.82, 2.24) is 5.32 Å². The van der Waals surface area contributed by atoms with Crippen LogP contribution in [-0.4, -0.2) is 25.0 Å². The van der Waals surface area contributed by atoms with Crippen LogP contribution >= 0.6 is 0 Å². The van der Waals surface area contributed by atoms with E-state index in [2.05, 4.69) is 5.32 Å². The van der Waals surface area contributed by atoms with E-state index in [0.29, 0.717) is 19.3 Å². The fourth-order valence-corrected chi connectivity index (χ4v) is 3.51. The molecule has 1 spiro atoms. The number of methoxy groups -OCH3 is 1. The smallest absolute Gasteiger partial charge is 0.234 e. The molecule has 2 aliphatic rings. The summed E-state index contributed by atoms with van der Waals surface area (Å²) < 4.78 is 18.3. The van der Waals surface area contributed by atoms with Gasteiger partial charge in [0.2, 0.25) is 11.8 Å². The number of carbonyl (C=O) groups excluding carboxylic acids is 2. The van der Waals surface area contributed by atoms with E-state index in [1.165, 1.54) is 12.1 Å². The quantitative estimate of drug-likeness (QED) is 0.838. The van der Waals surface area contributed by atoms with E-state index >= 15 is 0 Å². The fourth-order valence-electron chi connectivity index (χ4n) is 3.51. The topological polar surface area (TPSA) is 55.4 Å². The lowest BCUT2D eigenvalue weighted by atomic mass is 9.54. The Morgan fingerprint density at radius 2 is 1.90 bits per heavy atom. The highest BCUT2D eigenvalue weighted by Gasteiger charge is 2.56. The summed E-state index contributed by atoms with van der Waals surface area (Å²) in [6.45, 7) is 0. The highest BCUT2D eigenvalue weighted by atomic mass is 19.1. The van der Waals surface area contributed by atoms with Crippen LogP contribution in [0.4, 0.5) is 4.39 Å². The summed E-state index contributed by atoms with van der Waals surface area (Å²) in [6.07, 6.45) is 1.78. The van der Waals surface area contributed by atoms with Crippen molar-refractivity contribution in [2.24, 2.45) is 5.41 Å². The molecular formula is C15H16FNO3. The van der Waals surface area contributed by atoms with Crippen LogP contribution in [0.3, 0.4) is 0 Å². The van der Waals surface area contributed by atoms with Gasteiger partial charge in [0.15, 0.2) is 0 Å². The van der Waals surface area contributed by atoms with Crippen molar-refractivity contribution >= 4 is 11.8 Å². The second kappa shape index (κ2) is 4.66. The van der Waals surface area contributed by atoms with Gasteiger partial charge in [0.05, 0.1) is 12.0 Å². The first kappa shape index (κ1) is 13.2. The van der Waals surface area contributed by atoms with E-state index in [4.69, 9.17) is 4.74 Å². The van der Waals surface area contributed by atoms with Crippen LogP contribution in [0.1, 0.15) is 30.7 Å². The van der Waals surface area contributed by atoms with Gasteiger partial charge in [-0.1, -0.05) is 12.1 Å². The molecule has 0 radical (unpaired) electrons. The molecule has 1 aromatic carbocycles. The number of ether oxygens (including phenoxy) is 1. The average Bonchev–Trinajstić information content (AvgIpc) is 2.36. The van der Waals surface area contributed by atoms with Crippen molar-refractivity contribution in [3.63, 3.8) is 0 Å². The molecule has 1 heterocycles. The lowest BCUT2D eigenvalue weighted by Gasteiger charge is -2.52. The van der Waals surface area contributed by atoms with Gasteiger partial charge in [0.25, 0.3) is 0 Å². The Morgan fingerprint density at radius 1 is 1.25 bits per heavy atom. The van der Waals surface area contributed by atoms with Gasteiger partial charge < -0.3 is 4.74 Å². The molecule has 1 saturated heterocycles. The van der Waals surface area contributed by atoms with Gasteiger partial charge >= 0.3 is 0 Å². The molecule has 4 nitrogen and oxygen atoms in total. The summed E-state index contributed by atoms with van der Waals surface area (Å²) in [5, 5.41) is 2.39. The summed E-state index contributed by atoms with van der Waals surface area (Å²) in [5.74, 6) is -1.27. The summed E-state index contributed by atoms with van der Waals surface area (Å²) in [4.78, 5) is 23.9. The van der Waals surface area contributed by atoms with Crippen molar-refractivity contribution < 1.29 is 18.7 Å². The predicted octanol–water partition coefficient (Wildman–Crippen LogP) is 1.75. The Hall–Kier alpha value is -1.75. The zero-order valence-electron chi connectivity index (χ0n) is 11.2. The number of hydrogen-bond donors (Lipinski definition) is 1. The van der Waals surface area contributed by atoms with Crippen LogP contribution in [0.2, 0.25) is 0 Å². The molecule has 1 aliphatic carbocycles. The van der Waals surface area contributed by atoms with Gasteiger partial charge in [-0.3, -0.25) is 14.9 Å². The van der Waals surface area contributed by atoms with Crippen LogP contribution < -0.4 is 5.32 Å². The fraction of sp³-hybridized carbons (Fsp3) is 0.467. The molecule has 5 heteroatoms. The highest BCUT2D eigenvalue weighted by Crippen LogP contribution is 2.56. The van der Waals surface area contributed by atoms with Crippen LogP contribution in [-0.2, 0) is 14.3 Å². The summed E-state index contributed by atoms with van der Waals surface area (Å²) in [6, 6.07) is 5.94. The summed E-state index contributed by atoms with van der Waals surface area (Å²) in [5.41, 5.74) is 0.378. The SMILES string of the molecule is COC1CC2(CC(=O)NC(=O)C2c2ccc(F)cc2)C1. The Morgan fingerprint density at radius 3 is 2.50 bits per heavy atom. The molecule has 3 rings (SSSR count). The first-order valence-corrected chi connectivity index (χ1v) is 6.66. The molecular weight excluding hydrogens is 261 g/mol. The van der Waals surface area contributed by atoms with Crippen molar-refractivity contribution in [2.45, 2.75) is 31.3 Å². The van der Waals surface area contributed by atoms with E-state index < -0.39 is 5.92 Å². The Labute approximate surface area is 116 Å². The third kappa shape index (κ3) is 2.02. The minimum atomic E-state index is -0.410. The zero-order valence-corrected chi connectivity index (χ0v) is 11.2. The lowest BCUT2D eigenvalue weighted by Crippen LogP contribution is -2.57. The first-order chi connectivity index (χ1) is 9.54. The summed E-state index contributed by atoms with van der Waals surface area (Å²) >= 11 is 0. The minimum Gasteiger partial charge on any atom is -0.381 e. The molecule has 2 amide bonds. The minimum absolute atomic E-state index is 0.0941. The molecule has 1 unspecified atom stereocenters. The van der Waals surface area contributed by atoms with E-state index in [1.807, 2.05) is 0 Å². The first-order valence-electron chi connectivity index (χ1n) is 6.66. The van der Waals surface area contributed by atoms with E-state index in [-0.39, 0.29) is 29.2 Å². The van der Waals surface area contributed by atoms with Gasteiger partial charge in [0.1, 0.15) is 5.82 Å². The molecule has 1 saturated carbocycles. The van der Waals surface area contributed by atoms with Gasteiger partial charge in [-0.25, -0.2) is 4.39 Å². The average molecular weight is 277 g/mol. The maximum atomic E-state index is 13.0. The maximum Gasteiger partial charge on any atom is 0.234 e. The van der Waals surface area contributed by atoms with E-state index in [0.717, 1.165) is 5.56 Å². The number of carbonyl (C=O) groups is 2. The largest absolute Gasteiger partial charge is 0.381 e. The molecule has 1 N–H and O–H groups in total. The zero-order chi connectivity index (χ0) is 14.3. The van der Waals surface area contributed by atoms with E-state index in [9.17, 15) is 14.0 Å². The normalized spacial score (nSPS) is 32.9. The molecule has 2 fully saturated rings. The Bertz CT molecular complexity index is 549. The highest BCUT2D eigenvalue weighted by molar-refractivity contribution is 6.02. The van der Waals surface area contributed by atoms with Crippen molar-refractivity contribution in [3.05, 3.63) is 35.6 Å². The van der Waals surface area contributed by atoms with Gasteiger partial charge in [-0.05, 0) is 36.0 Å². The van der Waals surface area contributed by atoms with Gasteiger partial charge in [-0.15, -0.1) is 0 Å². The lowest BCUT2D eigenvalue weighted by molar-refractivity contribution is -0.151. The number of halogens is 1. The third-order valence-electron chi connectivity index (χ3n) is 4.45. The second-order valence-electron chi connectivity index (χ2n) is 5.70. The van der Waals surface area contributed by atoms with Gasteiger partial charge in [-0.2, -0.15) is 0 Å². The molecule has 1 atom stereocenters. The second-order valence-corrected chi connectivity index (χ2v) is 5.70. The van der Waals surface area contributed by atoms with Crippen molar-refractivity contribution in [1.29, 1.82) is 0 Å². The van der Waals surface area contributed by atoms with Crippen LogP contribution in [0.5, 0.6) is 0 Å². The maximum absolute atomic E-state index is 13.0. The number of hydrogen-bond acceptors (Lipinski definition) is 3. The number of imide groups is 1. The molecule has 0 bridgehead atoms. The monoisotopic (exact) mass is 277 g/mol. The molecule has 106 valence electrons. The van der Waals surface area contributed by atoms with Crippen molar-refractivity contribution in [2.75, 3.05) is 7.11 Å². The predicted molar refractivity (Wildman–Crippen MR) is 69.4 cm³/mol. The van der Waals surface area contributed by atoms with Gasteiger partial charge in [0, 0.05) is 13.5 Å². The van der Waals surface area contributed by atoms with Crippen molar-refractivity contribution in [3.8, 4) is 0 Å². The number of nitrogens with one attached hydrogen (secondary N) is 1. The van der Waals surface area contributed by atoms with E-state index in [1.54, 1.807) is 19.2 Å². The summed E-state index contributed by atoms with van der Waals surface area (Å²) in [7, 11) is 1.63. The third-order valence-corrected chi connectivity index (χ3v) is 4.45. The Kier molecular flexibility index (Phi) is 3.09. The standard InChI is InChI=1S/C15H16FNO3/c1-20-11-6-15(7-11)8-12(18)17-14(19)13(15)9-2-4-10(16)5-3-9/h2-5,11,13H,6-8H2,1H3,(H,17,18,19).